The molecule has 0 spiro atoms. The van der Waals surface area contributed by atoms with E-state index in [1.165, 1.54) is 24.2 Å². The van der Waals surface area contributed by atoms with Crippen molar-refractivity contribution in [1.29, 1.82) is 0 Å². The number of rotatable bonds is 0. The quantitative estimate of drug-likeness (QED) is 0.266. The van der Waals surface area contributed by atoms with Crippen LogP contribution in [0.3, 0.4) is 0 Å². The maximum absolute atomic E-state index is 3.72. The summed E-state index contributed by atoms with van der Waals surface area (Å²) in [5, 5.41) is 0. The molecule has 0 aliphatic heterocycles. The molecule has 0 nitrogen and oxygen atoms in total. The van der Waals surface area contributed by atoms with Crippen LogP contribution < -0.4 is 0 Å². The van der Waals surface area contributed by atoms with Gasteiger partial charge in [0.1, 0.15) is 0 Å². The molecule has 0 saturated heterocycles. The first kappa shape index (κ1) is 24.6. The van der Waals surface area contributed by atoms with Crippen LogP contribution in [-0.2, 0) is 24.2 Å². The fraction of sp³-hybridized carbons (Fsp3) is 0.0385. The maximum atomic E-state index is 3.72. The van der Waals surface area contributed by atoms with E-state index >= 15 is 0 Å². The third kappa shape index (κ3) is 19.8. The Kier molecular flexibility index (Phi) is 18.2. The van der Waals surface area contributed by atoms with E-state index in [1.54, 1.807) is 0 Å². The third-order valence-electron chi connectivity index (χ3n) is 2.80. The SMILES string of the molecule is C[CH]=[Zr].[CH2-]c1ccccc1.[CH2-]c1ccccc1.c1cc[cH-]c1.c1cc[cH-]c1. The Morgan fingerprint density at radius 3 is 0.963 bits per heavy atom. The molecule has 0 heterocycles. The molecule has 0 fully saturated rings. The summed E-state index contributed by atoms with van der Waals surface area (Å²) in [4.78, 5) is 0. The van der Waals surface area contributed by atoms with Gasteiger partial charge in [-0.3, -0.25) is 0 Å². The molecular formula is C26H28Zr-4. The molecule has 0 N–H and O–H groups in total. The van der Waals surface area contributed by atoms with Crippen LogP contribution in [0.2, 0.25) is 0 Å². The predicted molar refractivity (Wildman–Crippen MR) is 118 cm³/mol. The smallest absolute Gasteiger partial charge is 0.0866 e. The predicted octanol–water partition coefficient (Wildman–Crippen LogP) is 6.90. The summed E-state index contributed by atoms with van der Waals surface area (Å²) < 4.78 is 2.09. The van der Waals surface area contributed by atoms with Crippen LogP contribution in [0, 0.1) is 13.8 Å². The van der Waals surface area contributed by atoms with E-state index in [0.717, 1.165) is 11.1 Å². The van der Waals surface area contributed by atoms with Crippen LogP contribution >= 0.6 is 0 Å². The molecule has 140 valence electrons. The Morgan fingerprint density at radius 1 is 0.593 bits per heavy atom. The Morgan fingerprint density at radius 2 is 0.852 bits per heavy atom. The Labute approximate surface area is 180 Å². The zero-order chi connectivity index (χ0) is 20.0. The summed E-state index contributed by atoms with van der Waals surface area (Å²) >= 11 is 1.51. The number of hydrogen-bond acceptors (Lipinski definition) is 0. The summed E-state index contributed by atoms with van der Waals surface area (Å²) in [7, 11) is 0. The van der Waals surface area contributed by atoms with Gasteiger partial charge in [0, 0.05) is 0 Å². The fourth-order valence-electron chi connectivity index (χ4n) is 1.60. The summed E-state index contributed by atoms with van der Waals surface area (Å²) in [5.41, 5.74) is 2.14. The normalized spacial score (nSPS) is 7.85. The second kappa shape index (κ2) is 20.0. The van der Waals surface area contributed by atoms with Crippen LogP contribution in [0.15, 0.2) is 121 Å². The molecule has 0 saturated carbocycles. The summed E-state index contributed by atoms with van der Waals surface area (Å²) in [5.74, 6) is 0. The third-order valence-corrected chi connectivity index (χ3v) is 2.80. The van der Waals surface area contributed by atoms with E-state index < -0.39 is 0 Å². The Bertz CT molecular complexity index is 610. The molecule has 4 aromatic rings. The van der Waals surface area contributed by atoms with E-state index in [0.29, 0.717) is 0 Å². The maximum Gasteiger partial charge on any atom is -0.0866 e. The van der Waals surface area contributed by atoms with E-state index in [4.69, 9.17) is 0 Å². The van der Waals surface area contributed by atoms with Gasteiger partial charge in [-0.05, 0) is 0 Å². The minimum absolute atomic E-state index is 1.07. The van der Waals surface area contributed by atoms with Gasteiger partial charge in [-0.2, -0.15) is 85.6 Å². The van der Waals surface area contributed by atoms with Crippen LogP contribution in [0.1, 0.15) is 18.1 Å². The first-order chi connectivity index (χ1) is 13.2. The van der Waals surface area contributed by atoms with Gasteiger partial charge < -0.3 is 0 Å². The van der Waals surface area contributed by atoms with E-state index in [2.05, 4.69) is 17.6 Å². The largest absolute Gasteiger partial charge is 0.214 e. The van der Waals surface area contributed by atoms with Crippen molar-refractivity contribution in [3.8, 4) is 0 Å². The molecule has 0 radical (unpaired) electrons. The van der Waals surface area contributed by atoms with Gasteiger partial charge >= 0.3 is 34.9 Å². The number of hydrogen-bond donors (Lipinski definition) is 0. The molecule has 0 aromatic heterocycles. The zero-order valence-electron chi connectivity index (χ0n) is 16.0. The first-order valence-electron chi connectivity index (χ1n) is 8.73. The molecule has 0 aliphatic carbocycles. The second-order valence-electron chi connectivity index (χ2n) is 5.18. The van der Waals surface area contributed by atoms with Gasteiger partial charge in [-0.15, -0.1) is 24.3 Å². The topological polar surface area (TPSA) is 0 Å². The molecule has 0 aliphatic rings. The van der Waals surface area contributed by atoms with Gasteiger partial charge in [0.25, 0.3) is 0 Å². The molecule has 0 bridgehead atoms. The van der Waals surface area contributed by atoms with Crippen LogP contribution in [-0.4, -0.2) is 3.71 Å². The van der Waals surface area contributed by atoms with Crippen molar-refractivity contribution < 1.29 is 24.2 Å². The van der Waals surface area contributed by atoms with Gasteiger partial charge in [-0.25, -0.2) is 24.3 Å². The Hall–Kier alpha value is -2.37. The monoisotopic (exact) mass is 430 g/mol. The van der Waals surface area contributed by atoms with Crippen molar-refractivity contribution in [3.63, 3.8) is 0 Å². The van der Waals surface area contributed by atoms with Gasteiger partial charge in [0.05, 0.1) is 0 Å². The Balaban J connectivity index is 0.000000322. The summed E-state index contributed by atoms with van der Waals surface area (Å²) in [6, 6.07) is 39.7. The van der Waals surface area contributed by atoms with Crippen LogP contribution in [0.5, 0.6) is 0 Å². The van der Waals surface area contributed by atoms with Gasteiger partial charge in [0.2, 0.25) is 0 Å². The molecule has 4 rings (SSSR count). The summed E-state index contributed by atoms with van der Waals surface area (Å²) in [6.45, 7) is 9.48. The zero-order valence-corrected chi connectivity index (χ0v) is 18.5. The average molecular weight is 432 g/mol. The van der Waals surface area contributed by atoms with Crippen LogP contribution in [0.25, 0.3) is 0 Å². The minimum atomic E-state index is 1.07. The fourth-order valence-corrected chi connectivity index (χ4v) is 1.60. The van der Waals surface area contributed by atoms with E-state index in [9.17, 15) is 0 Å². The molecule has 0 unspecified atom stereocenters. The molecule has 0 atom stereocenters. The van der Waals surface area contributed by atoms with Crippen molar-refractivity contribution in [1.82, 2.24) is 0 Å². The first-order valence-corrected chi connectivity index (χ1v) is 10.1. The summed E-state index contributed by atoms with van der Waals surface area (Å²) in [6.07, 6.45) is 0. The molecule has 4 aromatic carbocycles. The standard InChI is InChI=1S/2C7H7.2C5H5.C2H4.Zr/c2*1-7-5-3-2-4-6-7;2*1-2-4-5-3-1;1-2;/h2*2-6H,1H2;2*1-5H;1H,2H3;/q4*-1;;. The van der Waals surface area contributed by atoms with Gasteiger partial charge in [-0.1, -0.05) is 12.1 Å². The van der Waals surface area contributed by atoms with Crippen LogP contribution in [0.4, 0.5) is 0 Å². The van der Waals surface area contributed by atoms with Crippen molar-refractivity contribution >= 4 is 3.71 Å². The van der Waals surface area contributed by atoms with E-state index in [-0.39, 0.29) is 0 Å². The van der Waals surface area contributed by atoms with Crippen molar-refractivity contribution in [2.45, 2.75) is 6.92 Å². The minimum Gasteiger partial charge on any atom is -0.214 e. The van der Waals surface area contributed by atoms with Gasteiger partial charge in [0.15, 0.2) is 0 Å². The van der Waals surface area contributed by atoms with E-state index in [1.807, 2.05) is 128 Å². The molecule has 27 heavy (non-hydrogen) atoms. The number of benzene rings is 2. The molecule has 0 amide bonds. The second-order valence-corrected chi connectivity index (χ2v) is 6.60. The average Bonchev–Trinajstić information content (AvgIpc) is 3.43. The van der Waals surface area contributed by atoms with Crippen molar-refractivity contribution in [2.24, 2.45) is 0 Å². The molecular weight excluding hydrogens is 404 g/mol. The van der Waals surface area contributed by atoms with Crippen molar-refractivity contribution in [3.05, 3.63) is 146 Å². The molecule has 1 heteroatoms. The van der Waals surface area contributed by atoms with Crippen molar-refractivity contribution in [2.75, 3.05) is 0 Å².